The summed E-state index contributed by atoms with van der Waals surface area (Å²) in [7, 11) is 0. The zero-order chi connectivity index (χ0) is 19.7. The Hall–Kier alpha value is -2.55. The topological polar surface area (TPSA) is 57.5 Å². The van der Waals surface area contributed by atoms with Crippen molar-refractivity contribution in [3.05, 3.63) is 72.4 Å². The van der Waals surface area contributed by atoms with Crippen LogP contribution < -0.4 is 0 Å². The molecule has 0 atom stereocenters. The van der Waals surface area contributed by atoms with Crippen molar-refractivity contribution in [2.75, 3.05) is 0 Å². The summed E-state index contributed by atoms with van der Waals surface area (Å²) in [6.45, 7) is 3.68. The molecule has 2 N–H and O–H groups in total. The Kier molecular flexibility index (Phi) is 12.2. The molecule has 1 aromatic rings. The number of phenolic OH excluding ortho intramolecular Hbond substituents is 1. The third kappa shape index (κ3) is 10.9. The van der Waals surface area contributed by atoms with Gasteiger partial charge >= 0.3 is 5.97 Å². The standard InChI is InChI=1S/C24H32O3/c1-2-3-4-5-6-7-8-9-10-11-12-13-14-16-21-17-15-18-23(25)22(21)19-20-24(26)27/h2,4-5,7-8,15,17-20,25H,1,3,6,9-14,16H2,(H,26,27)/b5-4-,8-7-,20-19+. The van der Waals surface area contributed by atoms with Gasteiger partial charge < -0.3 is 10.2 Å². The van der Waals surface area contributed by atoms with Crippen LogP contribution in [0.15, 0.2) is 61.2 Å². The highest BCUT2D eigenvalue weighted by Crippen LogP contribution is 2.24. The van der Waals surface area contributed by atoms with Crippen LogP contribution in [0.4, 0.5) is 0 Å². The van der Waals surface area contributed by atoms with Gasteiger partial charge in [-0.15, -0.1) is 6.58 Å². The van der Waals surface area contributed by atoms with E-state index < -0.39 is 5.97 Å². The van der Waals surface area contributed by atoms with Crippen LogP contribution >= 0.6 is 0 Å². The van der Waals surface area contributed by atoms with E-state index >= 15 is 0 Å². The van der Waals surface area contributed by atoms with Crippen molar-refractivity contribution < 1.29 is 15.0 Å². The van der Waals surface area contributed by atoms with Crippen molar-refractivity contribution in [1.29, 1.82) is 0 Å². The first-order valence-corrected chi connectivity index (χ1v) is 9.78. The van der Waals surface area contributed by atoms with Crippen molar-refractivity contribution in [3.8, 4) is 5.75 Å². The Morgan fingerprint density at radius 2 is 1.67 bits per heavy atom. The highest BCUT2D eigenvalue weighted by atomic mass is 16.4. The van der Waals surface area contributed by atoms with Gasteiger partial charge in [0.25, 0.3) is 0 Å². The minimum atomic E-state index is -1.01. The van der Waals surface area contributed by atoms with E-state index in [1.807, 2.05) is 18.2 Å². The molecule has 0 spiro atoms. The normalized spacial score (nSPS) is 11.7. The van der Waals surface area contributed by atoms with E-state index in [9.17, 15) is 9.90 Å². The molecule has 0 unspecified atom stereocenters. The minimum Gasteiger partial charge on any atom is -0.507 e. The average Bonchev–Trinajstić information content (AvgIpc) is 2.64. The molecule has 0 saturated heterocycles. The summed E-state index contributed by atoms with van der Waals surface area (Å²) in [6.07, 6.45) is 23.0. The lowest BCUT2D eigenvalue weighted by molar-refractivity contribution is -0.131. The van der Waals surface area contributed by atoms with Crippen molar-refractivity contribution in [2.45, 2.75) is 57.8 Å². The number of rotatable bonds is 14. The molecule has 3 nitrogen and oxygen atoms in total. The fourth-order valence-corrected chi connectivity index (χ4v) is 2.85. The van der Waals surface area contributed by atoms with E-state index in [2.05, 4.69) is 30.9 Å². The quantitative estimate of drug-likeness (QED) is 0.225. The van der Waals surface area contributed by atoms with Crippen molar-refractivity contribution >= 4 is 12.0 Å². The highest BCUT2D eigenvalue weighted by Gasteiger charge is 2.05. The van der Waals surface area contributed by atoms with Crippen LogP contribution in [-0.4, -0.2) is 16.2 Å². The molecule has 0 radical (unpaired) electrons. The van der Waals surface area contributed by atoms with Gasteiger partial charge in [0, 0.05) is 11.6 Å². The van der Waals surface area contributed by atoms with Gasteiger partial charge in [-0.05, 0) is 56.2 Å². The average molecular weight is 369 g/mol. The Morgan fingerprint density at radius 3 is 2.44 bits per heavy atom. The first-order chi connectivity index (χ1) is 13.1. The number of allylic oxidation sites excluding steroid dienone is 5. The van der Waals surface area contributed by atoms with E-state index in [-0.39, 0.29) is 5.75 Å². The number of unbranched alkanes of at least 4 members (excludes halogenated alkanes) is 5. The molecule has 1 aromatic carbocycles. The number of phenols is 1. The van der Waals surface area contributed by atoms with E-state index in [0.29, 0.717) is 5.56 Å². The van der Waals surface area contributed by atoms with Crippen LogP contribution in [-0.2, 0) is 11.2 Å². The number of hydrogen-bond acceptors (Lipinski definition) is 2. The summed E-state index contributed by atoms with van der Waals surface area (Å²) < 4.78 is 0. The van der Waals surface area contributed by atoms with Crippen molar-refractivity contribution in [2.24, 2.45) is 0 Å². The molecule has 0 aliphatic carbocycles. The molecular formula is C24H32O3. The van der Waals surface area contributed by atoms with Gasteiger partial charge in [-0.3, -0.25) is 0 Å². The van der Waals surface area contributed by atoms with Gasteiger partial charge in [0.2, 0.25) is 0 Å². The van der Waals surface area contributed by atoms with Gasteiger partial charge in [0.05, 0.1) is 0 Å². The molecule has 0 aliphatic heterocycles. The number of hydrogen-bond donors (Lipinski definition) is 2. The first kappa shape index (κ1) is 22.5. The Bertz CT molecular complexity index is 654. The fourth-order valence-electron chi connectivity index (χ4n) is 2.85. The molecule has 0 heterocycles. The van der Waals surface area contributed by atoms with Crippen LogP contribution in [0.3, 0.4) is 0 Å². The molecule has 0 amide bonds. The predicted octanol–water partition coefficient (Wildman–Crippen LogP) is 6.45. The molecule has 146 valence electrons. The highest BCUT2D eigenvalue weighted by molar-refractivity contribution is 5.86. The maximum atomic E-state index is 10.7. The van der Waals surface area contributed by atoms with Gasteiger partial charge in [0.1, 0.15) is 5.75 Å². The summed E-state index contributed by atoms with van der Waals surface area (Å²) >= 11 is 0. The maximum absolute atomic E-state index is 10.7. The van der Waals surface area contributed by atoms with Gasteiger partial charge in [-0.25, -0.2) is 4.79 Å². The van der Waals surface area contributed by atoms with E-state index in [1.165, 1.54) is 25.3 Å². The van der Waals surface area contributed by atoms with Crippen LogP contribution in [0.1, 0.15) is 62.5 Å². The summed E-state index contributed by atoms with van der Waals surface area (Å²) in [5.41, 5.74) is 1.62. The molecular weight excluding hydrogens is 336 g/mol. The maximum Gasteiger partial charge on any atom is 0.328 e. The second kappa shape index (κ2) is 14.6. The summed E-state index contributed by atoms with van der Waals surface area (Å²) in [6, 6.07) is 5.35. The number of carboxylic acid groups (broad SMARTS) is 1. The summed E-state index contributed by atoms with van der Waals surface area (Å²) in [4.78, 5) is 10.7. The zero-order valence-electron chi connectivity index (χ0n) is 16.1. The third-order valence-corrected chi connectivity index (χ3v) is 4.29. The second-order valence-electron chi connectivity index (χ2n) is 6.53. The third-order valence-electron chi connectivity index (χ3n) is 4.29. The molecule has 27 heavy (non-hydrogen) atoms. The van der Waals surface area contributed by atoms with Gasteiger partial charge in [0.15, 0.2) is 0 Å². The molecule has 0 aromatic heterocycles. The number of aryl methyl sites for hydroxylation is 1. The minimum absolute atomic E-state index is 0.135. The number of benzene rings is 1. The number of aliphatic carboxylic acids is 1. The summed E-state index contributed by atoms with van der Waals surface area (Å²) in [5, 5.41) is 18.7. The van der Waals surface area contributed by atoms with Crippen LogP contribution in [0, 0.1) is 0 Å². The first-order valence-electron chi connectivity index (χ1n) is 9.78. The zero-order valence-corrected chi connectivity index (χ0v) is 16.1. The monoisotopic (exact) mass is 368 g/mol. The van der Waals surface area contributed by atoms with Crippen molar-refractivity contribution in [3.63, 3.8) is 0 Å². The van der Waals surface area contributed by atoms with Gasteiger partial charge in [-0.2, -0.15) is 0 Å². The largest absolute Gasteiger partial charge is 0.507 e. The Balaban J connectivity index is 2.20. The summed E-state index contributed by atoms with van der Waals surface area (Å²) in [5.74, 6) is -0.873. The number of carbonyl (C=O) groups is 1. The lowest BCUT2D eigenvalue weighted by Crippen LogP contribution is -1.92. The molecule has 1 rings (SSSR count). The SMILES string of the molecule is C=CC/C=C\C/C=C\CCCCCCCc1cccc(O)c1/C=C/C(=O)O. The molecule has 0 fully saturated rings. The lowest BCUT2D eigenvalue weighted by atomic mass is 9.99. The molecule has 0 bridgehead atoms. The second-order valence-corrected chi connectivity index (χ2v) is 6.53. The Morgan fingerprint density at radius 1 is 0.963 bits per heavy atom. The fraction of sp³-hybridized carbons (Fsp3) is 0.375. The van der Waals surface area contributed by atoms with E-state index in [0.717, 1.165) is 50.2 Å². The van der Waals surface area contributed by atoms with Gasteiger partial charge in [-0.1, -0.05) is 61.8 Å². The van der Waals surface area contributed by atoms with Crippen molar-refractivity contribution in [1.82, 2.24) is 0 Å². The van der Waals surface area contributed by atoms with E-state index in [4.69, 9.17) is 5.11 Å². The van der Waals surface area contributed by atoms with E-state index in [1.54, 1.807) is 6.07 Å². The molecule has 0 aliphatic rings. The van der Waals surface area contributed by atoms with Crippen LogP contribution in [0.25, 0.3) is 6.08 Å². The van der Waals surface area contributed by atoms with Crippen LogP contribution in [0.5, 0.6) is 5.75 Å². The molecule has 3 heteroatoms. The number of aromatic hydroxyl groups is 1. The smallest absolute Gasteiger partial charge is 0.328 e. The number of carboxylic acids is 1. The predicted molar refractivity (Wildman–Crippen MR) is 114 cm³/mol. The lowest BCUT2D eigenvalue weighted by Gasteiger charge is -2.08. The Labute approximate surface area is 163 Å². The van der Waals surface area contributed by atoms with Crippen LogP contribution in [0.2, 0.25) is 0 Å². The molecule has 0 saturated carbocycles.